The molecule has 1 saturated heterocycles. The number of nitrogens with one attached hydrogen (secondary N) is 2. The molecule has 0 spiro atoms. The minimum atomic E-state index is -2.75. The molecule has 0 amide bonds. The summed E-state index contributed by atoms with van der Waals surface area (Å²) in [6.07, 6.45) is 5.49. The second kappa shape index (κ2) is 7.26. The van der Waals surface area contributed by atoms with Crippen molar-refractivity contribution in [3.63, 3.8) is 0 Å². The van der Waals surface area contributed by atoms with Gasteiger partial charge in [-0.05, 0) is 41.8 Å². The third kappa shape index (κ3) is 3.92. The summed E-state index contributed by atoms with van der Waals surface area (Å²) in [5.74, 6) is 6.27. The van der Waals surface area contributed by atoms with E-state index in [0.717, 1.165) is 35.7 Å². The Morgan fingerprint density at radius 2 is 2.12 bits per heavy atom. The summed E-state index contributed by atoms with van der Waals surface area (Å²) >= 11 is 0. The summed E-state index contributed by atoms with van der Waals surface area (Å²) < 4.78 is 11.9. The van der Waals surface area contributed by atoms with Gasteiger partial charge in [0.2, 0.25) is 0 Å². The minimum absolute atomic E-state index is 0.0992. The molecule has 0 aromatic heterocycles. The summed E-state index contributed by atoms with van der Waals surface area (Å²) in [5, 5.41) is 12.1. The van der Waals surface area contributed by atoms with E-state index < -0.39 is 9.71 Å². The number of nitrogens with two attached hydrogens (primary N) is 1. The van der Waals surface area contributed by atoms with Crippen molar-refractivity contribution >= 4 is 32.6 Å². The Bertz CT molecular complexity index is 975. The van der Waals surface area contributed by atoms with Gasteiger partial charge in [0.15, 0.2) is 0 Å². The summed E-state index contributed by atoms with van der Waals surface area (Å²) in [6.45, 7) is 5.83. The Kier molecular flexibility index (Phi) is 5.05. The number of hydrogen-bond acceptors (Lipinski definition) is 4. The van der Waals surface area contributed by atoms with Crippen molar-refractivity contribution in [3.8, 4) is 12.3 Å². The Hall–Kier alpha value is -2.72. The first-order valence-electron chi connectivity index (χ1n) is 8.16. The maximum atomic E-state index is 11.9. The summed E-state index contributed by atoms with van der Waals surface area (Å²) in [4.78, 5) is 2.63. The first-order valence-corrected chi connectivity index (χ1v) is 9.95. The Labute approximate surface area is 155 Å². The SMILES string of the molecule is C#CC1NCCN1c1cccc(C(=C)Nc2cccc(S(=C)(N)=O)c2)c1. The number of terminal acetylenes is 1. The third-order valence-corrected chi connectivity index (χ3v) is 5.27. The molecule has 4 N–H and O–H groups in total. The molecule has 26 heavy (non-hydrogen) atoms. The quantitative estimate of drug-likeness (QED) is 0.560. The predicted molar refractivity (Wildman–Crippen MR) is 111 cm³/mol. The molecule has 134 valence electrons. The molecule has 1 heterocycles. The van der Waals surface area contributed by atoms with E-state index in [-0.39, 0.29) is 6.17 Å². The van der Waals surface area contributed by atoms with E-state index >= 15 is 0 Å². The average molecular weight is 366 g/mol. The van der Waals surface area contributed by atoms with Crippen molar-refractivity contribution < 1.29 is 4.21 Å². The Morgan fingerprint density at radius 1 is 1.35 bits per heavy atom. The van der Waals surface area contributed by atoms with Gasteiger partial charge >= 0.3 is 0 Å². The zero-order chi connectivity index (χ0) is 18.7. The summed E-state index contributed by atoms with van der Waals surface area (Å²) in [6, 6.07) is 15.1. The first-order chi connectivity index (χ1) is 12.4. The lowest BCUT2D eigenvalue weighted by atomic mass is 10.1. The molecule has 0 saturated carbocycles. The molecule has 2 aromatic rings. The van der Waals surface area contributed by atoms with Crippen LogP contribution in [0, 0.1) is 12.3 Å². The van der Waals surface area contributed by atoms with E-state index in [9.17, 15) is 4.21 Å². The number of benzene rings is 2. The van der Waals surface area contributed by atoms with Crippen molar-refractivity contribution in [1.82, 2.24) is 5.32 Å². The van der Waals surface area contributed by atoms with E-state index in [1.807, 2.05) is 30.3 Å². The van der Waals surface area contributed by atoms with Crippen LogP contribution in [0.4, 0.5) is 11.4 Å². The van der Waals surface area contributed by atoms with E-state index in [1.54, 1.807) is 18.2 Å². The lowest BCUT2D eigenvalue weighted by molar-refractivity contribution is 0.682. The fraction of sp³-hybridized carbons (Fsp3) is 0.150. The van der Waals surface area contributed by atoms with E-state index in [1.165, 1.54) is 0 Å². The molecule has 0 bridgehead atoms. The summed E-state index contributed by atoms with van der Waals surface area (Å²) in [5.41, 5.74) is 3.46. The number of rotatable bonds is 5. The van der Waals surface area contributed by atoms with Crippen LogP contribution in [-0.4, -0.2) is 29.3 Å². The van der Waals surface area contributed by atoms with E-state index in [4.69, 9.17) is 11.6 Å². The zero-order valence-electron chi connectivity index (χ0n) is 14.4. The van der Waals surface area contributed by atoms with E-state index in [0.29, 0.717) is 4.90 Å². The Morgan fingerprint density at radius 3 is 2.85 bits per heavy atom. The van der Waals surface area contributed by atoms with Gasteiger partial charge in [0, 0.05) is 35.1 Å². The topological polar surface area (TPSA) is 70.4 Å². The monoisotopic (exact) mass is 366 g/mol. The molecule has 2 unspecified atom stereocenters. The van der Waals surface area contributed by atoms with Crippen LogP contribution < -0.4 is 20.7 Å². The van der Waals surface area contributed by atoms with Crippen LogP contribution >= 0.6 is 0 Å². The fourth-order valence-electron chi connectivity index (χ4n) is 2.90. The van der Waals surface area contributed by atoms with Gasteiger partial charge in [0.05, 0.1) is 9.71 Å². The minimum Gasteiger partial charge on any atom is -0.355 e. The highest BCUT2D eigenvalue weighted by molar-refractivity contribution is 7.98. The fourth-order valence-corrected chi connectivity index (χ4v) is 3.53. The van der Waals surface area contributed by atoms with Gasteiger partial charge in [-0.25, -0.2) is 4.21 Å². The third-order valence-electron chi connectivity index (χ3n) is 4.21. The number of nitrogens with zero attached hydrogens (tertiary/aromatic N) is 1. The maximum absolute atomic E-state index is 11.9. The molecular weight excluding hydrogens is 344 g/mol. The van der Waals surface area contributed by atoms with Crippen molar-refractivity contribution in [2.24, 2.45) is 5.14 Å². The van der Waals surface area contributed by atoms with Gasteiger partial charge in [-0.1, -0.05) is 30.7 Å². The number of anilines is 2. The highest BCUT2D eigenvalue weighted by atomic mass is 32.2. The van der Waals surface area contributed by atoms with Crippen LogP contribution in [0.15, 0.2) is 60.0 Å². The molecule has 1 aliphatic heterocycles. The Balaban J connectivity index is 1.81. The molecule has 1 fully saturated rings. The van der Waals surface area contributed by atoms with Crippen LogP contribution in [0.1, 0.15) is 5.56 Å². The largest absolute Gasteiger partial charge is 0.355 e. The van der Waals surface area contributed by atoms with Crippen molar-refractivity contribution in [2.75, 3.05) is 23.3 Å². The van der Waals surface area contributed by atoms with Crippen LogP contribution in [-0.2, 0) is 9.71 Å². The molecule has 1 aliphatic rings. The van der Waals surface area contributed by atoms with Gasteiger partial charge in [0.1, 0.15) is 6.17 Å². The van der Waals surface area contributed by atoms with Gasteiger partial charge in [-0.3, -0.25) is 10.5 Å². The zero-order valence-corrected chi connectivity index (χ0v) is 15.3. The highest BCUT2D eigenvalue weighted by Gasteiger charge is 2.22. The molecule has 2 atom stereocenters. The standard InChI is InChI=1S/C20H22N4OS/c1-4-20-22-11-12-24(20)18-9-5-7-16(13-18)15(2)23-17-8-6-10-19(14-17)26(3,21)25/h1,5-10,13-14,20,22-23H,2-3,11-12H2,(H2,21,25). The van der Waals surface area contributed by atoms with Gasteiger partial charge in [-0.15, -0.1) is 6.42 Å². The summed E-state index contributed by atoms with van der Waals surface area (Å²) in [7, 11) is -2.75. The number of hydrogen-bond donors (Lipinski definition) is 3. The second-order valence-corrected chi connectivity index (χ2v) is 8.05. The maximum Gasteiger partial charge on any atom is 0.143 e. The molecule has 5 nitrogen and oxygen atoms in total. The second-order valence-electron chi connectivity index (χ2n) is 6.12. The normalized spacial score (nSPS) is 18.8. The van der Waals surface area contributed by atoms with Gasteiger partial charge in [0.25, 0.3) is 0 Å². The van der Waals surface area contributed by atoms with Crippen LogP contribution in [0.2, 0.25) is 0 Å². The van der Waals surface area contributed by atoms with Crippen LogP contribution in [0.25, 0.3) is 5.70 Å². The average Bonchev–Trinajstić information content (AvgIpc) is 3.10. The van der Waals surface area contributed by atoms with Crippen LogP contribution in [0.5, 0.6) is 0 Å². The van der Waals surface area contributed by atoms with Crippen molar-refractivity contribution in [3.05, 3.63) is 60.7 Å². The highest BCUT2D eigenvalue weighted by Crippen LogP contribution is 2.25. The molecule has 0 radical (unpaired) electrons. The first kappa shape index (κ1) is 18.1. The molecular formula is C20H22N4OS. The van der Waals surface area contributed by atoms with Gasteiger partial charge in [-0.2, -0.15) is 0 Å². The predicted octanol–water partition coefficient (Wildman–Crippen LogP) is 2.09. The van der Waals surface area contributed by atoms with E-state index in [2.05, 4.69) is 33.9 Å². The van der Waals surface area contributed by atoms with Crippen LogP contribution in [0.3, 0.4) is 0 Å². The lowest BCUT2D eigenvalue weighted by Gasteiger charge is -2.23. The lowest BCUT2D eigenvalue weighted by Crippen LogP contribution is -2.34. The smallest absolute Gasteiger partial charge is 0.143 e. The molecule has 6 heteroatoms. The molecule has 2 aromatic carbocycles. The van der Waals surface area contributed by atoms with Gasteiger partial charge < -0.3 is 10.2 Å². The molecule has 0 aliphatic carbocycles. The molecule has 3 rings (SSSR count). The van der Waals surface area contributed by atoms with Crippen molar-refractivity contribution in [2.45, 2.75) is 11.1 Å². The van der Waals surface area contributed by atoms with Crippen molar-refractivity contribution in [1.29, 1.82) is 0 Å².